The summed E-state index contributed by atoms with van der Waals surface area (Å²) in [6.45, 7) is 2.21. The molecule has 0 saturated heterocycles. The van der Waals surface area contributed by atoms with Crippen LogP contribution in [0.25, 0.3) is 0 Å². The second-order valence-electron chi connectivity index (χ2n) is 5.05. The molecule has 4 N–H and O–H groups in total. The molecule has 8 heteroatoms. The summed E-state index contributed by atoms with van der Waals surface area (Å²) >= 11 is 2.04. The van der Waals surface area contributed by atoms with Gasteiger partial charge in [0.05, 0.1) is 0 Å². The summed E-state index contributed by atoms with van der Waals surface area (Å²) in [5.74, 6) is 8.14. The van der Waals surface area contributed by atoms with Crippen molar-refractivity contribution in [2.24, 2.45) is 5.84 Å². The molecule has 1 saturated carbocycles. The van der Waals surface area contributed by atoms with E-state index in [-0.39, 0.29) is 0 Å². The third kappa shape index (κ3) is 3.86. The standard InChI is InChI=1S/C12H23N7S/c1-4-20-9-6-5-8(7-9)14-10-15-11(18-13)17-12(16-10)19(2)3/h8-9H,4-7,13H2,1-3H3,(H2,14,15,16,17,18). The van der Waals surface area contributed by atoms with E-state index in [2.05, 4.69) is 32.6 Å². The predicted octanol–water partition coefficient (Wildman–Crippen LogP) is 1.31. The number of nitrogen functional groups attached to an aromatic ring is 1. The van der Waals surface area contributed by atoms with Crippen molar-refractivity contribution in [3.8, 4) is 0 Å². The lowest BCUT2D eigenvalue weighted by Crippen LogP contribution is -2.22. The average Bonchev–Trinajstić information content (AvgIpc) is 2.86. The number of hydrazine groups is 1. The molecule has 7 nitrogen and oxygen atoms in total. The zero-order valence-corrected chi connectivity index (χ0v) is 13.1. The summed E-state index contributed by atoms with van der Waals surface area (Å²) < 4.78 is 0. The van der Waals surface area contributed by atoms with Gasteiger partial charge >= 0.3 is 0 Å². The van der Waals surface area contributed by atoms with Crippen molar-refractivity contribution in [3.63, 3.8) is 0 Å². The van der Waals surface area contributed by atoms with Crippen molar-refractivity contribution in [1.82, 2.24) is 15.0 Å². The molecule has 0 aliphatic heterocycles. The van der Waals surface area contributed by atoms with Crippen LogP contribution >= 0.6 is 11.8 Å². The summed E-state index contributed by atoms with van der Waals surface area (Å²) in [5.41, 5.74) is 2.48. The van der Waals surface area contributed by atoms with Crippen LogP contribution in [0.3, 0.4) is 0 Å². The number of nitrogens with two attached hydrogens (primary N) is 1. The first-order valence-corrected chi connectivity index (χ1v) is 7.95. The number of nitrogens with zero attached hydrogens (tertiary/aromatic N) is 4. The van der Waals surface area contributed by atoms with Gasteiger partial charge in [-0.1, -0.05) is 6.92 Å². The number of rotatable bonds is 6. The van der Waals surface area contributed by atoms with Crippen LogP contribution in [0.5, 0.6) is 0 Å². The van der Waals surface area contributed by atoms with Gasteiger partial charge in [0.25, 0.3) is 0 Å². The molecule has 0 aromatic carbocycles. The molecule has 1 heterocycles. The SMILES string of the molecule is CCSC1CCC(Nc2nc(NN)nc(N(C)C)n2)C1. The molecule has 1 aromatic rings. The summed E-state index contributed by atoms with van der Waals surface area (Å²) in [6.07, 6.45) is 3.57. The van der Waals surface area contributed by atoms with E-state index in [0.29, 0.717) is 23.9 Å². The highest BCUT2D eigenvalue weighted by Crippen LogP contribution is 2.31. The molecule has 1 fully saturated rings. The highest BCUT2D eigenvalue weighted by Gasteiger charge is 2.25. The highest BCUT2D eigenvalue weighted by atomic mass is 32.2. The third-order valence-electron chi connectivity index (χ3n) is 3.27. The van der Waals surface area contributed by atoms with Gasteiger partial charge in [-0.15, -0.1) is 0 Å². The second kappa shape index (κ2) is 6.94. The number of anilines is 3. The quantitative estimate of drug-likeness (QED) is 0.535. The summed E-state index contributed by atoms with van der Waals surface area (Å²) in [5, 5.41) is 4.15. The normalized spacial score (nSPS) is 21.8. The molecule has 20 heavy (non-hydrogen) atoms. The van der Waals surface area contributed by atoms with Crippen LogP contribution < -0.4 is 21.5 Å². The van der Waals surface area contributed by atoms with Gasteiger partial charge in [0, 0.05) is 25.4 Å². The molecule has 0 spiro atoms. The van der Waals surface area contributed by atoms with Crippen molar-refractivity contribution in [1.29, 1.82) is 0 Å². The van der Waals surface area contributed by atoms with E-state index in [1.54, 1.807) is 0 Å². The van der Waals surface area contributed by atoms with Crippen molar-refractivity contribution in [3.05, 3.63) is 0 Å². The lowest BCUT2D eigenvalue weighted by atomic mass is 10.2. The monoisotopic (exact) mass is 297 g/mol. The molecular weight excluding hydrogens is 274 g/mol. The minimum absolute atomic E-state index is 0.378. The second-order valence-corrected chi connectivity index (χ2v) is 6.63. The average molecular weight is 297 g/mol. The fourth-order valence-corrected chi connectivity index (χ4v) is 3.48. The Labute approximate surface area is 124 Å². The summed E-state index contributed by atoms with van der Waals surface area (Å²) in [6, 6.07) is 0.432. The smallest absolute Gasteiger partial charge is 0.243 e. The predicted molar refractivity (Wildman–Crippen MR) is 85.1 cm³/mol. The van der Waals surface area contributed by atoms with Gasteiger partial charge in [-0.3, -0.25) is 5.43 Å². The number of hydrogen-bond donors (Lipinski definition) is 3. The molecule has 2 unspecified atom stereocenters. The fourth-order valence-electron chi connectivity index (χ4n) is 2.33. The van der Waals surface area contributed by atoms with Crippen LogP contribution in [0.15, 0.2) is 0 Å². The topological polar surface area (TPSA) is 92.0 Å². The lowest BCUT2D eigenvalue weighted by Gasteiger charge is -2.16. The Bertz CT molecular complexity index is 440. The van der Waals surface area contributed by atoms with E-state index in [0.717, 1.165) is 18.1 Å². The van der Waals surface area contributed by atoms with Gasteiger partial charge < -0.3 is 10.2 Å². The minimum Gasteiger partial charge on any atom is -0.351 e. The largest absolute Gasteiger partial charge is 0.351 e. The first kappa shape index (κ1) is 15.1. The molecule has 2 rings (SSSR count). The first-order chi connectivity index (χ1) is 9.62. The van der Waals surface area contributed by atoms with Crippen LogP contribution in [-0.4, -0.2) is 46.1 Å². The molecule has 1 aliphatic rings. The van der Waals surface area contributed by atoms with Crippen molar-refractivity contribution in [2.45, 2.75) is 37.5 Å². The molecule has 0 amide bonds. The van der Waals surface area contributed by atoms with Gasteiger partial charge in [0.2, 0.25) is 17.8 Å². The zero-order valence-electron chi connectivity index (χ0n) is 12.3. The third-order valence-corrected chi connectivity index (χ3v) is 4.51. The Morgan fingerprint density at radius 1 is 1.25 bits per heavy atom. The van der Waals surface area contributed by atoms with Gasteiger partial charge in [-0.2, -0.15) is 26.7 Å². The highest BCUT2D eigenvalue weighted by molar-refractivity contribution is 7.99. The Morgan fingerprint density at radius 2 is 2.00 bits per heavy atom. The van der Waals surface area contributed by atoms with Gasteiger partial charge in [0.15, 0.2) is 0 Å². The van der Waals surface area contributed by atoms with Gasteiger partial charge in [-0.25, -0.2) is 5.84 Å². The number of nitrogens with one attached hydrogen (secondary N) is 2. The summed E-state index contributed by atoms with van der Waals surface area (Å²) in [7, 11) is 3.78. The fraction of sp³-hybridized carbons (Fsp3) is 0.750. The molecule has 112 valence electrons. The maximum absolute atomic E-state index is 5.41. The van der Waals surface area contributed by atoms with Crippen molar-refractivity contribution >= 4 is 29.6 Å². The molecule has 0 bridgehead atoms. The Morgan fingerprint density at radius 3 is 2.65 bits per heavy atom. The van der Waals surface area contributed by atoms with Crippen LogP contribution in [0.1, 0.15) is 26.2 Å². The molecular formula is C12H23N7S. The molecule has 2 atom stereocenters. The number of thioether (sulfide) groups is 1. The van der Waals surface area contributed by atoms with E-state index in [9.17, 15) is 0 Å². The van der Waals surface area contributed by atoms with Gasteiger partial charge in [0.1, 0.15) is 0 Å². The Balaban J connectivity index is 2.04. The molecule has 0 radical (unpaired) electrons. The first-order valence-electron chi connectivity index (χ1n) is 6.90. The lowest BCUT2D eigenvalue weighted by molar-refractivity contribution is 0.743. The molecule has 1 aromatic heterocycles. The Hall–Kier alpha value is -1.28. The van der Waals surface area contributed by atoms with E-state index >= 15 is 0 Å². The zero-order chi connectivity index (χ0) is 14.5. The minimum atomic E-state index is 0.378. The maximum atomic E-state index is 5.41. The number of hydrogen-bond acceptors (Lipinski definition) is 8. The van der Waals surface area contributed by atoms with E-state index in [4.69, 9.17) is 5.84 Å². The van der Waals surface area contributed by atoms with Crippen LogP contribution in [0.2, 0.25) is 0 Å². The Kier molecular flexibility index (Phi) is 5.24. The van der Waals surface area contributed by atoms with E-state index < -0.39 is 0 Å². The van der Waals surface area contributed by atoms with Crippen molar-refractivity contribution in [2.75, 3.05) is 35.5 Å². The maximum Gasteiger partial charge on any atom is 0.243 e. The summed E-state index contributed by atoms with van der Waals surface area (Å²) in [4.78, 5) is 14.7. The van der Waals surface area contributed by atoms with E-state index in [1.165, 1.54) is 12.2 Å². The van der Waals surface area contributed by atoms with Crippen LogP contribution in [0.4, 0.5) is 17.8 Å². The number of aromatic nitrogens is 3. The van der Waals surface area contributed by atoms with Crippen molar-refractivity contribution < 1.29 is 0 Å². The van der Waals surface area contributed by atoms with E-state index in [1.807, 2.05) is 30.8 Å². The van der Waals surface area contributed by atoms with Crippen LogP contribution in [-0.2, 0) is 0 Å². The van der Waals surface area contributed by atoms with Crippen LogP contribution in [0, 0.1) is 0 Å². The van der Waals surface area contributed by atoms with Gasteiger partial charge in [-0.05, 0) is 25.0 Å². The molecule has 1 aliphatic carbocycles.